The number of carbonyl (C=O) groups is 3. The maximum absolute atomic E-state index is 13.8. The van der Waals surface area contributed by atoms with Gasteiger partial charge < -0.3 is 29.7 Å². The van der Waals surface area contributed by atoms with Crippen molar-refractivity contribution in [3.8, 4) is 0 Å². The summed E-state index contributed by atoms with van der Waals surface area (Å²) in [4.78, 5) is 47.8. The molecule has 0 spiro atoms. The Kier molecular flexibility index (Phi) is 10.0. The van der Waals surface area contributed by atoms with Crippen molar-refractivity contribution in [1.82, 2.24) is 19.6 Å². The normalized spacial score (nSPS) is 19.1. The van der Waals surface area contributed by atoms with E-state index in [-0.39, 0.29) is 24.4 Å². The monoisotopic (exact) mass is 649 g/mol. The van der Waals surface area contributed by atoms with E-state index >= 15 is 0 Å². The number of piperidine rings is 2. The molecule has 0 bridgehead atoms. The lowest BCUT2D eigenvalue weighted by atomic mass is 9.88. The Bertz CT molecular complexity index is 1320. The zero-order chi connectivity index (χ0) is 30.7. The van der Waals surface area contributed by atoms with E-state index in [4.69, 9.17) is 12.6 Å². The van der Waals surface area contributed by atoms with E-state index in [1.165, 1.54) is 0 Å². The van der Waals surface area contributed by atoms with Crippen LogP contribution in [0.4, 0.5) is 15.3 Å². The van der Waals surface area contributed by atoms with Crippen LogP contribution in [0.1, 0.15) is 42.4 Å². The predicted octanol–water partition coefficient (Wildman–Crippen LogP) is 3.71. The van der Waals surface area contributed by atoms with Gasteiger partial charge in [-0.1, -0.05) is 45.7 Å². The van der Waals surface area contributed by atoms with Gasteiger partial charge in [-0.15, -0.1) is 0 Å². The van der Waals surface area contributed by atoms with Crippen molar-refractivity contribution in [1.29, 1.82) is 0 Å². The van der Waals surface area contributed by atoms with Crippen molar-refractivity contribution in [3.63, 3.8) is 0 Å². The fourth-order valence-electron chi connectivity index (χ4n) is 6.37. The first-order valence-corrected chi connectivity index (χ1v) is 16.0. The molecule has 43 heavy (non-hydrogen) atoms. The summed E-state index contributed by atoms with van der Waals surface area (Å²) in [6.45, 7) is 4.73. The number of halogens is 1. The lowest BCUT2D eigenvalue weighted by molar-refractivity contribution is -0.142. The molecule has 2 fully saturated rings. The molecule has 11 heteroatoms. The average Bonchev–Trinajstić information content (AvgIpc) is 3.17. The Hall–Kier alpha value is -3.05. The van der Waals surface area contributed by atoms with Gasteiger partial charge in [0, 0.05) is 61.4 Å². The summed E-state index contributed by atoms with van der Waals surface area (Å²) in [5.74, 6) is -0.170. The molecule has 1 atom stereocenters. The number of carbonyl (C=O) groups excluding carboxylic acids is 3. The topological polar surface area (TPSA) is 85.4 Å². The molecule has 2 aromatic carbocycles. The highest BCUT2D eigenvalue weighted by molar-refractivity contribution is 9.10. The summed E-state index contributed by atoms with van der Waals surface area (Å²) in [7, 11) is 10.3. The number of hydrogen-bond donors (Lipinski definition) is 1. The number of nitrogens with zero attached hydrogens (tertiary/aromatic N) is 4. The molecular formula is C32H41BBrN5O4. The van der Waals surface area contributed by atoms with E-state index in [1.807, 2.05) is 53.1 Å². The lowest BCUT2D eigenvalue weighted by Crippen LogP contribution is -2.52. The highest BCUT2D eigenvalue weighted by Gasteiger charge is 2.35. The molecule has 5 rings (SSSR count). The molecule has 4 amide bonds. The SMILES string of the molecule is [B]c1cc(C[C@@H](OC(=O)N2CCC(N3CCc4ccccc4NC3=O)CC2)C(=O)N2CCC(N(C)C)CC2)cc(Br)c1C. The van der Waals surface area contributed by atoms with Crippen molar-refractivity contribution < 1.29 is 19.1 Å². The van der Waals surface area contributed by atoms with Crippen LogP contribution in [0.25, 0.3) is 0 Å². The van der Waals surface area contributed by atoms with E-state index in [1.54, 1.807) is 4.90 Å². The fourth-order valence-corrected chi connectivity index (χ4v) is 6.89. The largest absolute Gasteiger partial charge is 0.436 e. The zero-order valence-corrected chi connectivity index (χ0v) is 26.9. The van der Waals surface area contributed by atoms with Crippen molar-refractivity contribution >= 4 is 53.0 Å². The number of ether oxygens (including phenoxy) is 1. The second-order valence-electron chi connectivity index (χ2n) is 12.1. The van der Waals surface area contributed by atoms with Crippen LogP contribution in [-0.2, 0) is 22.4 Å². The van der Waals surface area contributed by atoms with Gasteiger partial charge in [0.25, 0.3) is 5.91 Å². The van der Waals surface area contributed by atoms with Crippen molar-refractivity contribution in [2.24, 2.45) is 0 Å². The van der Waals surface area contributed by atoms with Crippen LogP contribution in [0.5, 0.6) is 0 Å². The third kappa shape index (κ3) is 7.37. The number of fused-ring (bicyclic) bond motifs is 1. The summed E-state index contributed by atoms with van der Waals surface area (Å²) >= 11 is 3.56. The Balaban J connectivity index is 1.23. The molecule has 0 saturated carbocycles. The van der Waals surface area contributed by atoms with Gasteiger partial charge in [-0.25, -0.2) is 9.59 Å². The maximum Gasteiger partial charge on any atom is 0.410 e. The van der Waals surface area contributed by atoms with Crippen LogP contribution >= 0.6 is 15.9 Å². The number of nitrogens with one attached hydrogen (secondary N) is 1. The minimum atomic E-state index is -0.954. The summed E-state index contributed by atoms with van der Waals surface area (Å²) < 4.78 is 6.85. The number of benzene rings is 2. The Morgan fingerprint density at radius 3 is 2.40 bits per heavy atom. The minimum absolute atomic E-state index is 0.0293. The van der Waals surface area contributed by atoms with Gasteiger partial charge >= 0.3 is 12.1 Å². The average molecular weight is 650 g/mol. The van der Waals surface area contributed by atoms with Crippen LogP contribution in [0, 0.1) is 6.92 Å². The maximum atomic E-state index is 13.8. The highest BCUT2D eigenvalue weighted by Crippen LogP contribution is 2.26. The number of rotatable bonds is 6. The van der Waals surface area contributed by atoms with E-state index in [0.717, 1.165) is 46.1 Å². The predicted molar refractivity (Wildman–Crippen MR) is 172 cm³/mol. The minimum Gasteiger partial charge on any atom is -0.436 e. The number of hydrogen-bond acceptors (Lipinski definition) is 5. The number of amides is 4. The molecule has 3 aliphatic rings. The third-order valence-corrected chi connectivity index (χ3v) is 10.0. The summed E-state index contributed by atoms with van der Waals surface area (Å²) in [6.07, 6.45) is 2.64. The van der Waals surface area contributed by atoms with Gasteiger partial charge in [-0.3, -0.25) is 4.79 Å². The third-order valence-electron chi connectivity index (χ3n) is 9.20. The standard InChI is InChI=1S/C32H41BBrN5O4/c1-21-26(33)18-22(19-27(21)34)20-29(30(40)37-13-9-24(10-14-37)36(2)3)43-32(42)38-15-11-25(12-16-38)39-17-8-23-6-4-5-7-28(23)35-31(39)41/h4-7,18-19,24-25,29H,8-17,20H2,1-3H3,(H,35,41)/t29-/m1/s1. The molecule has 2 aromatic rings. The molecule has 228 valence electrons. The molecule has 3 aliphatic heterocycles. The molecule has 9 nitrogen and oxygen atoms in total. The van der Waals surface area contributed by atoms with Gasteiger partial charge in [0.15, 0.2) is 6.10 Å². The second-order valence-corrected chi connectivity index (χ2v) is 13.0. The number of urea groups is 1. The number of para-hydroxylation sites is 1. The highest BCUT2D eigenvalue weighted by atomic mass is 79.9. The smallest absolute Gasteiger partial charge is 0.410 e. The lowest BCUT2D eigenvalue weighted by Gasteiger charge is -2.39. The van der Waals surface area contributed by atoms with Gasteiger partial charge in [0.05, 0.1) is 0 Å². The zero-order valence-electron chi connectivity index (χ0n) is 25.4. The van der Waals surface area contributed by atoms with Crippen molar-refractivity contribution in [3.05, 3.63) is 57.6 Å². The van der Waals surface area contributed by atoms with Crippen molar-refractivity contribution in [2.45, 2.75) is 63.6 Å². The van der Waals surface area contributed by atoms with E-state index in [0.29, 0.717) is 57.1 Å². The first kappa shape index (κ1) is 31.4. The van der Waals surface area contributed by atoms with E-state index in [2.05, 4.69) is 40.2 Å². The number of likely N-dealkylation sites (tertiary alicyclic amines) is 2. The van der Waals surface area contributed by atoms with Crippen molar-refractivity contribution in [2.75, 3.05) is 52.1 Å². The first-order chi connectivity index (χ1) is 20.6. The summed E-state index contributed by atoms with van der Waals surface area (Å²) in [5, 5.41) is 3.04. The van der Waals surface area contributed by atoms with Crippen LogP contribution in [0.3, 0.4) is 0 Å². The molecule has 0 aromatic heterocycles. The quantitative estimate of drug-likeness (QED) is 0.483. The van der Waals surface area contributed by atoms with Crippen LogP contribution in [-0.4, -0.2) is 110 Å². The van der Waals surface area contributed by atoms with Gasteiger partial charge in [0.1, 0.15) is 7.85 Å². The first-order valence-electron chi connectivity index (χ1n) is 15.2. The summed E-state index contributed by atoms with van der Waals surface area (Å²) in [5.41, 5.74) is 4.37. The molecule has 0 unspecified atom stereocenters. The Morgan fingerprint density at radius 1 is 1.05 bits per heavy atom. The molecule has 2 radical (unpaired) electrons. The Labute approximate surface area is 264 Å². The molecular weight excluding hydrogens is 609 g/mol. The summed E-state index contributed by atoms with van der Waals surface area (Å²) in [6, 6.07) is 12.0. The van der Waals surface area contributed by atoms with Gasteiger partial charge in [0.2, 0.25) is 0 Å². The second kappa shape index (κ2) is 13.7. The van der Waals surface area contributed by atoms with Gasteiger partial charge in [-0.2, -0.15) is 0 Å². The molecule has 2 saturated heterocycles. The molecule has 3 heterocycles. The fraction of sp³-hybridized carbons (Fsp3) is 0.531. The Morgan fingerprint density at radius 2 is 1.72 bits per heavy atom. The van der Waals surface area contributed by atoms with Gasteiger partial charge in [-0.05, 0) is 81.9 Å². The van der Waals surface area contributed by atoms with E-state index < -0.39 is 12.2 Å². The van der Waals surface area contributed by atoms with Crippen LogP contribution < -0.4 is 10.8 Å². The molecule has 0 aliphatic carbocycles. The van der Waals surface area contributed by atoms with Crippen LogP contribution in [0.15, 0.2) is 40.9 Å². The van der Waals surface area contributed by atoms with E-state index in [9.17, 15) is 14.4 Å². The molecule has 1 N–H and O–H groups in total. The number of anilines is 1. The van der Waals surface area contributed by atoms with Crippen LogP contribution in [0.2, 0.25) is 0 Å².